The van der Waals surface area contributed by atoms with Gasteiger partial charge in [0.1, 0.15) is 11.6 Å². The number of aromatic nitrogens is 2. The Labute approximate surface area is 135 Å². The zero-order chi connectivity index (χ0) is 16.6. The third-order valence-electron chi connectivity index (χ3n) is 4.67. The van der Waals surface area contributed by atoms with E-state index in [1.165, 1.54) is 17.7 Å². The van der Waals surface area contributed by atoms with Crippen molar-refractivity contribution in [1.82, 2.24) is 15.1 Å². The van der Waals surface area contributed by atoms with Crippen molar-refractivity contribution in [1.29, 1.82) is 0 Å². The first-order valence-electron chi connectivity index (χ1n) is 7.88. The highest BCUT2D eigenvalue weighted by molar-refractivity contribution is 5.49. The van der Waals surface area contributed by atoms with E-state index in [1.54, 1.807) is 0 Å². The topological polar surface area (TPSA) is 33.1 Å². The van der Waals surface area contributed by atoms with E-state index in [-0.39, 0.29) is 0 Å². The highest BCUT2D eigenvalue weighted by Gasteiger charge is 2.24. The Balaban J connectivity index is 1.62. The third kappa shape index (κ3) is 3.22. The number of nitrogens with zero attached hydrogens (tertiary/aromatic N) is 3. The summed E-state index contributed by atoms with van der Waals surface area (Å²) in [5.74, 6) is -1.03. The quantitative estimate of drug-likeness (QED) is 0.940. The number of aryl methyl sites for hydroxylation is 2. The maximum atomic E-state index is 13.9. The molecule has 4 nitrogen and oxygen atoms in total. The smallest absolute Gasteiger partial charge is 0.149 e. The van der Waals surface area contributed by atoms with E-state index < -0.39 is 11.6 Å². The Morgan fingerprint density at radius 1 is 1.30 bits per heavy atom. The molecule has 23 heavy (non-hydrogen) atoms. The lowest BCUT2D eigenvalue weighted by atomic mass is 10.1. The molecule has 0 saturated carbocycles. The summed E-state index contributed by atoms with van der Waals surface area (Å²) >= 11 is 0. The first-order chi connectivity index (χ1) is 11.0. The summed E-state index contributed by atoms with van der Waals surface area (Å²) in [6, 6.07) is 4.06. The van der Waals surface area contributed by atoms with Crippen molar-refractivity contribution >= 4 is 5.69 Å². The number of nitrogens with one attached hydrogen (secondary N) is 1. The second kappa shape index (κ2) is 6.28. The summed E-state index contributed by atoms with van der Waals surface area (Å²) in [6.45, 7) is 6.33. The largest absolute Gasteiger partial charge is 0.368 e. The van der Waals surface area contributed by atoms with Gasteiger partial charge < -0.3 is 10.2 Å². The molecule has 3 rings (SSSR count). The number of rotatable bonds is 4. The summed E-state index contributed by atoms with van der Waals surface area (Å²) < 4.78 is 28.8. The van der Waals surface area contributed by atoms with E-state index in [1.807, 2.05) is 23.6 Å². The Hall–Kier alpha value is -1.95. The second-order valence-electron chi connectivity index (χ2n) is 6.18. The van der Waals surface area contributed by atoms with Crippen molar-refractivity contribution < 1.29 is 8.78 Å². The van der Waals surface area contributed by atoms with Gasteiger partial charge >= 0.3 is 0 Å². The van der Waals surface area contributed by atoms with Crippen LogP contribution in [0.5, 0.6) is 0 Å². The number of hydrogen-bond donors (Lipinski definition) is 1. The molecule has 1 aliphatic rings. The highest BCUT2D eigenvalue weighted by Crippen LogP contribution is 2.24. The number of benzene rings is 1. The molecule has 0 spiro atoms. The molecule has 0 aliphatic carbocycles. The fourth-order valence-electron chi connectivity index (χ4n) is 3.20. The van der Waals surface area contributed by atoms with E-state index >= 15 is 0 Å². The van der Waals surface area contributed by atoms with Crippen LogP contribution in [0, 0.1) is 25.5 Å². The molecule has 1 aromatic heterocycles. The average Bonchev–Trinajstić information content (AvgIpc) is 3.04. The van der Waals surface area contributed by atoms with Gasteiger partial charge in [0.25, 0.3) is 0 Å². The minimum absolute atomic E-state index is 0.290. The summed E-state index contributed by atoms with van der Waals surface area (Å²) in [4.78, 5) is 1.97. The molecule has 1 N–H and O–H groups in total. The van der Waals surface area contributed by atoms with E-state index in [4.69, 9.17) is 0 Å². The van der Waals surface area contributed by atoms with Crippen molar-refractivity contribution in [3.63, 3.8) is 0 Å². The SMILES string of the molecule is Cc1nn(C)c(C)c1CN[C@H]1CCN(c2ccc(F)cc2F)C1. The lowest BCUT2D eigenvalue weighted by Crippen LogP contribution is -2.32. The van der Waals surface area contributed by atoms with Gasteiger partial charge in [-0.3, -0.25) is 4.68 Å². The molecule has 1 saturated heterocycles. The monoisotopic (exact) mass is 320 g/mol. The van der Waals surface area contributed by atoms with Gasteiger partial charge in [-0.25, -0.2) is 8.78 Å². The normalized spacial score (nSPS) is 18.0. The number of hydrogen-bond acceptors (Lipinski definition) is 3. The average molecular weight is 320 g/mol. The molecule has 2 aromatic rings. The minimum Gasteiger partial charge on any atom is -0.368 e. The molecule has 6 heteroatoms. The van der Waals surface area contributed by atoms with Gasteiger partial charge in [0.15, 0.2) is 0 Å². The molecule has 0 unspecified atom stereocenters. The molecule has 1 fully saturated rings. The van der Waals surface area contributed by atoms with Gasteiger partial charge in [0.2, 0.25) is 0 Å². The number of halogens is 2. The minimum atomic E-state index is -0.539. The van der Waals surface area contributed by atoms with E-state index in [0.717, 1.165) is 43.5 Å². The molecule has 2 heterocycles. The van der Waals surface area contributed by atoms with Crippen LogP contribution in [0.2, 0.25) is 0 Å². The van der Waals surface area contributed by atoms with Crippen molar-refractivity contribution in [2.24, 2.45) is 7.05 Å². The molecule has 1 aliphatic heterocycles. The van der Waals surface area contributed by atoms with Crippen molar-refractivity contribution in [2.75, 3.05) is 18.0 Å². The summed E-state index contributed by atoms with van der Waals surface area (Å²) in [5.41, 5.74) is 3.90. The van der Waals surface area contributed by atoms with Crippen LogP contribution < -0.4 is 10.2 Å². The van der Waals surface area contributed by atoms with Crippen LogP contribution in [-0.4, -0.2) is 28.9 Å². The van der Waals surface area contributed by atoms with Gasteiger partial charge in [-0.1, -0.05) is 0 Å². The first-order valence-corrected chi connectivity index (χ1v) is 7.88. The summed E-state index contributed by atoms with van der Waals surface area (Å²) in [5, 5.41) is 7.95. The standard InChI is InChI=1S/C17H22F2N4/c1-11-15(12(2)22(3)21-11)9-20-14-6-7-23(10-14)17-5-4-13(18)8-16(17)19/h4-5,8,14,20H,6-7,9-10H2,1-3H3/t14-/m0/s1. The van der Waals surface area contributed by atoms with Crippen LogP contribution >= 0.6 is 0 Å². The fourth-order valence-corrected chi connectivity index (χ4v) is 3.20. The Kier molecular flexibility index (Phi) is 4.35. The predicted octanol–water partition coefficient (Wildman–Crippen LogP) is 2.68. The Morgan fingerprint density at radius 2 is 2.09 bits per heavy atom. The Bertz CT molecular complexity index is 711. The fraction of sp³-hybridized carbons (Fsp3) is 0.471. The molecule has 0 amide bonds. The van der Waals surface area contributed by atoms with Crippen LogP contribution in [0.4, 0.5) is 14.5 Å². The molecule has 0 bridgehead atoms. The third-order valence-corrected chi connectivity index (χ3v) is 4.67. The van der Waals surface area contributed by atoms with Crippen LogP contribution in [0.15, 0.2) is 18.2 Å². The van der Waals surface area contributed by atoms with E-state index in [0.29, 0.717) is 11.7 Å². The predicted molar refractivity (Wildman–Crippen MR) is 86.5 cm³/mol. The van der Waals surface area contributed by atoms with E-state index in [9.17, 15) is 8.78 Å². The maximum absolute atomic E-state index is 13.9. The molecular weight excluding hydrogens is 298 g/mol. The van der Waals surface area contributed by atoms with Crippen LogP contribution in [-0.2, 0) is 13.6 Å². The molecule has 1 atom stereocenters. The maximum Gasteiger partial charge on any atom is 0.149 e. The van der Waals surface area contributed by atoms with Gasteiger partial charge in [0.05, 0.1) is 11.4 Å². The van der Waals surface area contributed by atoms with Gasteiger partial charge in [0, 0.05) is 50.0 Å². The van der Waals surface area contributed by atoms with Crippen molar-refractivity contribution in [3.05, 3.63) is 46.8 Å². The summed E-state index contributed by atoms with van der Waals surface area (Å²) in [7, 11) is 1.94. The van der Waals surface area contributed by atoms with Crippen LogP contribution in [0.3, 0.4) is 0 Å². The van der Waals surface area contributed by atoms with Crippen LogP contribution in [0.1, 0.15) is 23.4 Å². The van der Waals surface area contributed by atoms with Gasteiger partial charge in [-0.2, -0.15) is 5.10 Å². The lowest BCUT2D eigenvalue weighted by molar-refractivity contribution is 0.547. The van der Waals surface area contributed by atoms with Gasteiger partial charge in [-0.15, -0.1) is 0 Å². The summed E-state index contributed by atoms with van der Waals surface area (Å²) in [6.07, 6.45) is 0.940. The highest BCUT2D eigenvalue weighted by atomic mass is 19.1. The second-order valence-corrected chi connectivity index (χ2v) is 6.18. The van der Waals surface area contributed by atoms with Crippen LogP contribution in [0.25, 0.3) is 0 Å². The molecule has 1 aromatic carbocycles. The van der Waals surface area contributed by atoms with Crippen molar-refractivity contribution in [3.8, 4) is 0 Å². The van der Waals surface area contributed by atoms with Crippen molar-refractivity contribution in [2.45, 2.75) is 32.9 Å². The van der Waals surface area contributed by atoms with E-state index in [2.05, 4.69) is 17.3 Å². The lowest BCUT2D eigenvalue weighted by Gasteiger charge is -2.19. The van der Waals surface area contributed by atoms with Gasteiger partial charge in [-0.05, 0) is 32.4 Å². The first kappa shape index (κ1) is 15.9. The molecule has 124 valence electrons. The Morgan fingerprint density at radius 3 is 2.74 bits per heavy atom. The number of anilines is 1. The molecule has 0 radical (unpaired) electrons. The zero-order valence-corrected chi connectivity index (χ0v) is 13.7. The zero-order valence-electron chi connectivity index (χ0n) is 13.7. The molecular formula is C17H22F2N4.